The summed E-state index contributed by atoms with van der Waals surface area (Å²) in [5.74, 6) is 0.503. The summed E-state index contributed by atoms with van der Waals surface area (Å²) in [6, 6.07) is 16.1. The van der Waals surface area contributed by atoms with Crippen LogP contribution in [0.2, 0.25) is 0 Å². The van der Waals surface area contributed by atoms with E-state index in [2.05, 4.69) is 20.1 Å². The third kappa shape index (κ3) is 4.45. The van der Waals surface area contributed by atoms with E-state index in [0.717, 1.165) is 30.1 Å². The van der Waals surface area contributed by atoms with E-state index in [1.54, 1.807) is 30.5 Å². The lowest BCUT2D eigenvalue weighted by atomic mass is 10.0. The van der Waals surface area contributed by atoms with Gasteiger partial charge >= 0.3 is 5.97 Å². The Hall–Kier alpha value is -3.23. The number of thiocarbonyl (C=S) groups is 1. The molecule has 31 heavy (non-hydrogen) atoms. The van der Waals surface area contributed by atoms with E-state index in [4.69, 9.17) is 21.7 Å². The highest BCUT2D eigenvalue weighted by molar-refractivity contribution is 7.80. The lowest BCUT2D eigenvalue weighted by Gasteiger charge is -2.27. The second-order valence-corrected chi connectivity index (χ2v) is 8.09. The van der Waals surface area contributed by atoms with Crippen LogP contribution in [0.4, 0.5) is 0 Å². The number of nitrogens with one attached hydrogen (secondary N) is 1. The number of furan rings is 1. The van der Waals surface area contributed by atoms with Crippen LogP contribution < -0.4 is 5.32 Å². The summed E-state index contributed by atoms with van der Waals surface area (Å²) >= 11 is 5.66. The van der Waals surface area contributed by atoms with Crippen LogP contribution >= 0.6 is 12.2 Å². The maximum Gasteiger partial charge on any atom is 0.335 e. The normalized spacial score (nSPS) is 18.4. The lowest BCUT2D eigenvalue weighted by molar-refractivity contribution is 0.0697. The minimum atomic E-state index is -0.952. The number of aromatic nitrogens is 1. The number of benzene rings is 1. The molecule has 1 aliphatic rings. The van der Waals surface area contributed by atoms with Gasteiger partial charge in [0.05, 0.1) is 17.3 Å². The van der Waals surface area contributed by atoms with Crippen LogP contribution in [0.1, 0.15) is 33.9 Å². The second kappa shape index (κ2) is 8.87. The summed E-state index contributed by atoms with van der Waals surface area (Å²) in [7, 11) is 4.06. The number of carboxylic acids is 1. The van der Waals surface area contributed by atoms with Gasteiger partial charge < -0.3 is 24.6 Å². The highest BCUT2D eigenvalue weighted by Crippen LogP contribution is 2.40. The zero-order chi connectivity index (χ0) is 22.0. The molecule has 2 N–H and O–H groups in total. The van der Waals surface area contributed by atoms with Crippen LogP contribution in [0, 0.1) is 0 Å². The van der Waals surface area contributed by atoms with E-state index in [9.17, 15) is 4.79 Å². The first kappa shape index (κ1) is 21.0. The van der Waals surface area contributed by atoms with Crippen molar-refractivity contribution in [3.8, 4) is 11.3 Å². The molecule has 3 aromatic rings. The van der Waals surface area contributed by atoms with Gasteiger partial charge in [0.2, 0.25) is 0 Å². The van der Waals surface area contributed by atoms with Crippen molar-refractivity contribution in [2.75, 3.05) is 27.2 Å². The topological polar surface area (TPSA) is 81.8 Å². The number of carboxylic acid groups (broad SMARTS) is 1. The summed E-state index contributed by atoms with van der Waals surface area (Å²) in [5.41, 5.74) is 1.95. The molecule has 2 aromatic heterocycles. The first-order valence-electron chi connectivity index (χ1n) is 10.0. The maximum atomic E-state index is 11.1. The Labute approximate surface area is 186 Å². The molecule has 0 saturated carbocycles. The van der Waals surface area contributed by atoms with E-state index >= 15 is 0 Å². The Morgan fingerprint density at radius 1 is 1.19 bits per heavy atom. The first-order valence-corrected chi connectivity index (χ1v) is 10.4. The number of carbonyl (C=O) groups is 1. The molecule has 1 saturated heterocycles. The molecule has 8 heteroatoms. The Morgan fingerprint density at radius 2 is 1.97 bits per heavy atom. The molecule has 0 amide bonds. The van der Waals surface area contributed by atoms with Crippen LogP contribution in [0.25, 0.3) is 11.3 Å². The van der Waals surface area contributed by atoms with Crippen molar-refractivity contribution in [2.24, 2.45) is 0 Å². The van der Waals surface area contributed by atoms with Crippen LogP contribution in [0.5, 0.6) is 0 Å². The molecular weight excluding hydrogens is 412 g/mol. The van der Waals surface area contributed by atoms with Crippen molar-refractivity contribution < 1.29 is 14.3 Å². The van der Waals surface area contributed by atoms with Gasteiger partial charge in [-0.3, -0.25) is 4.98 Å². The third-order valence-electron chi connectivity index (χ3n) is 5.32. The van der Waals surface area contributed by atoms with Gasteiger partial charge in [0, 0.05) is 24.8 Å². The smallest absolute Gasteiger partial charge is 0.335 e. The van der Waals surface area contributed by atoms with E-state index in [0.29, 0.717) is 10.9 Å². The number of pyridine rings is 1. The highest BCUT2D eigenvalue weighted by Gasteiger charge is 2.41. The minimum absolute atomic E-state index is 0.135. The fraction of sp³-hybridized carbons (Fsp3) is 0.261. The third-order valence-corrected chi connectivity index (χ3v) is 5.67. The van der Waals surface area contributed by atoms with Crippen molar-refractivity contribution >= 4 is 23.3 Å². The molecular formula is C23H24N4O3S. The molecule has 3 heterocycles. The molecule has 4 rings (SSSR count). The van der Waals surface area contributed by atoms with Crippen molar-refractivity contribution in [1.29, 1.82) is 0 Å². The van der Waals surface area contributed by atoms with Crippen molar-refractivity contribution in [1.82, 2.24) is 20.1 Å². The molecule has 0 bridgehead atoms. The van der Waals surface area contributed by atoms with Gasteiger partial charge in [-0.1, -0.05) is 18.2 Å². The quantitative estimate of drug-likeness (QED) is 0.544. The number of nitrogens with zero attached hydrogens (tertiary/aromatic N) is 3. The molecule has 0 unspecified atom stereocenters. The van der Waals surface area contributed by atoms with Gasteiger partial charge in [-0.05, 0) is 62.7 Å². The summed E-state index contributed by atoms with van der Waals surface area (Å²) in [4.78, 5) is 19.9. The van der Waals surface area contributed by atoms with Crippen LogP contribution in [0.3, 0.4) is 0 Å². The standard InChI is InChI=1S/C23H24N4O3S/c1-26(2)13-14-27-21(20(25-23(27)31)17-5-3-4-12-24-17)19-11-10-18(30-19)15-6-8-16(9-7-15)22(28)29/h3-12,20-21H,13-14H2,1-2H3,(H,25,31)(H,28,29)/t20-,21-/m0/s1. The first-order chi connectivity index (χ1) is 14.9. The monoisotopic (exact) mass is 436 g/mol. The molecule has 0 aliphatic carbocycles. The predicted molar refractivity (Wildman–Crippen MR) is 122 cm³/mol. The number of rotatable bonds is 7. The number of hydrogen-bond donors (Lipinski definition) is 2. The fourth-order valence-electron chi connectivity index (χ4n) is 3.71. The van der Waals surface area contributed by atoms with Gasteiger partial charge in [0.15, 0.2) is 5.11 Å². The van der Waals surface area contributed by atoms with E-state index in [1.165, 1.54) is 0 Å². The molecule has 1 aromatic carbocycles. The van der Waals surface area contributed by atoms with Crippen LogP contribution in [0.15, 0.2) is 65.2 Å². The van der Waals surface area contributed by atoms with Crippen molar-refractivity contribution in [2.45, 2.75) is 12.1 Å². The summed E-state index contributed by atoms with van der Waals surface area (Å²) in [6.45, 7) is 1.59. The molecule has 160 valence electrons. The minimum Gasteiger partial charge on any atom is -0.478 e. The van der Waals surface area contributed by atoms with E-state index in [1.807, 2.05) is 44.4 Å². The van der Waals surface area contributed by atoms with Gasteiger partial charge in [-0.2, -0.15) is 0 Å². The van der Waals surface area contributed by atoms with Crippen molar-refractivity contribution in [3.05, 3.63) is 77.8 Å². The molecule has 1 fully saturated rings. The SMILES string of the molecule is CN(C)CCN1C(=S)N[C@@H](c2ccccn2)[C@@H]1c1ccc(-c2ccc(C(=O)O)cc2)o1. The number of hydrogen-bond acceptors (Lipinski definition) is 5. The van der Waals surface area contributed by atoms with Gasteiger partial charge in [-0.25, -0.2) is 4.79 Å². The average Bonchev–Trinajstić information content (AvgIpc) is 3.37. The number of likely N-dealkylation sites (N-methyl/N-ethyl adjacent to an activating group) is 1. The Bertz CT molecular complexity index is 1070. The fourth-order valence-corrected chi connectivity index (χ4v) is 4.04. The van der Waals surface area contributed by atoms with Crippen molar-refractivity contribution in [3.63, 3.8) is 0 Å². The van der Waals surface area contributed by atoms with Gasteiger partial charge in [-0.15, -0.1) is 0 Å². The maximum absolute atomic E-state index is 11.1. The zero-order valence-electron chi connectivity index (χ0n) is 17.4. The largest absolute Gasteiger partial charge is 0.478 e. The molecule has 0 spiro atoms. The summed E-state index contributed by atoms with van der Waals surface area (Å²) < 4.78 is 6.26. The van der Waals surface area contributed by atoms with Gasteiger partial charge in [0.1, 0.15) is 17.6 Å². The van der Waals surface area contributed by atoms with Gasteiger partial charge in [0.25, 0.3) is 0 Å². The lowest BCUT2D eigenvalue weighted by Crippen LogP contribution is -2.35. The molecule has 7 nitrogen and oxygen atoms in total. The average molecular weight is 437 g/mol. The summed E-state index contributed by atoms with van der Waals surface area (Å²) in [5, 5.41) is 13.2. The van der Waals surface area contributed by atoms with Crippen LogP contribution in [-0.2, 0) is 0 Å². The Kier molecular flexibility index (Phi) is 6.01. The molecule has 2 atom stereocenters. The van der Waals surface area contributed by atoms with Crippen LogP contribution in [-0.4, -0.2) is 58.2 Å². The highest BCUT2D eigenvalue weighted by atomic mass is 32.1. The Balaban J connectivity index is 1.67. The Morgan fingerprint density at radius 3 is 2.61 bits per heavy atom. The van der Waals surface area contributed by atoms with E-state index < -0.39 is 5.97 Å². The second-order valence-electron chi connectivity index (χ2n) is 7.71. The molecule has 0 radical (unpaired) electrons. The zero-order valence-corrected chi connectivity index (χ0v) is 18.2. The summed E-state index contributed by atoms with van der Waals surface area (Å²) in [6.07, 6.45) is 1.77. The van der Waals surface area contributed by atoms with E-state index in [-0.39, 0.29) is 17.6 Å². The molecule has 1 aliphatic heterocycles. The predicted octanol–water partition coefficient (Wildman–Crippen LogP) is 3.57. The number of aromatic carboxylic acids is 1.